The van der Waals surface area contributed by atoms with Crippen molar-refractivity contribution in [3.63, 3.8) is 0 Å². The van der Waals surface area contributed by atoms with Crippen LogP contribution in [0.15, 0.2) is 24.3 Å². The molecule has 0 aliphatic heterocycles. The summed E-state index contributed by atoms with van der Waals surface area (Å²) < 4.78 is 10.5. The second-order valence-electron chi connectivity index (χ2n) is 12.0. The average molecular weight is 607 g/mol. The highest BCUT2D eigenvalue weighted by molar-refractivity contribution is 5.89. The molecule has 0 fully saturated rings. The fourth-order valence-corrected chi connectivity index (χ4v) is 4.95. The van der Waals surface area contributed by atoms with Gasteiger partial charge in [0.25, 0.3) is 0 Å². The molecule has 6 heteroatoms. The minimum absolute atomic E-state index is 0.0925. The summed E-state index contributed by atoms with van der Waals surface area (Å²) in [5, 5.41) is 9.51. The largest absolute Gasteiger partial charge is 0.462 e. The fraction of sp³-hybridized carbons (Fsp3) is 0.811. The number of ether oxygens (including phenoxy) is 2. The van der Waals surface area contributed by atoms with Gasteiger partial charge in [-0.2, -0.15) is 0 Å². The number of rotatable bonds is 32. The Hall–Kier alpha value is -1.95. The molecule has 0 aliphatic rings. The van der Waals surface area contributed by atoms with Crippen molar-refractivity contribution < 1.29 is 29.0 Å². The first kappa shape index (κ1) is 41.0. The molecular weight excluding hydrogens is 540 g/mol. The maximum atomic E-state index is 12.1. The second-order valence-corrected chi connectivity index (χ2v) is 12.0. The van der Waals surface area contributed by atoms with E-state index in [2.05, 4.69) is 19.9 Å². The third-order valence-corrected chi connectivity index (χ3v) is 7.72. The van der Waals surface area contributed by atoms with E-state index >= 15 is 0 Å². The minimum Gasteiger partial charge on any atom is -0.462 e. The molecule has 0 rings (SSSR count). The molecule has 0 aliphatic carbocycles. The van der Waals surface area contributed by atoms with Crippen molar-refractivity contribution in [1.82, 2.24) is 0 Å². The third-order valence-electron chi connectivity index (χ3n) is 7.72. The van der Waals surface area contributed by atoms with E-state index in [1.807, 2.05) is 12.2 Å². The quantitative estimate of drug-likeness (QED) is 0.0355. The van der Waals surface area contributed by atoms with Crippen LogP contribution in [0.3, 0.4) is 0 Å². The first-order valence-electron chi connectivity index (χ1n) is 17.8. The molecule has 0 saturated heterocycles. The second kappa shape index (κ2) is 33.0. The molecule has 6 nitrogen and oxygen atoms in total. The van der Waals surface area contributed by atoms with Crippen molar-refractivity contribution >= 4 is 17.7 Å². The van der Waals surface area contributed by atoms with E-state index in [1.165, 1.54) is 64.2 Å². The van der Waals surface area contributed by atoms with Crippen LogP contribution < -0.4 is 0 Å². The lowest BCUT2D eigenvalue weighted by atomic mass is 10.0. The molecule has 1 N–H and O–H groups in total. The molecule has 0 unspecified atom stereocenters. The first-order chi connectivity index (χ1) is 21.0. The monoisotopic (exact) mass is 606 g/mol. The van der Waals surface area contributed by atoms with E-state index in [1.54, 1.807) is 6.08 Å². The summed E-state index contributed by atoms with van der Waals surface area (Å²) in [6.45, 7) is 3.95. The highest BCUT2D eigenvalue weighted by Gasteiger charge is 2.16. The normalized spacial score (nSPS) is 12.3. The predicted octanol–water partition coefficient (Wildman–Crippen LogP) is 9.91. The van der Waals surface area contributed by atoms with Crippen molar-refractivity contribution in [3.05, 3.63) is 24.3 Å². The zero-order valence-electron chi connectivity index (χ0n) is 28.0. The number of carbonyl (C=O) groups is 3. The van der Waals surface area contributed by atoms with Crippen LogP contribution in [0.4, 0.5) is 0 Å². The van der Waals surface area contributed by atoms with Gasteiger partial charge in [0.05, 0.1) is 6.61 Å². The Bertz CT molecular complexity index is 714. The number of ketones is 1. The van der Waals surface area contributed by atoms with Gasteiger partial charge in [-0.15, -0.1) is 0 Å². The summed E-state index contributed by atoms with van der Waals surface area (Å²) in [6.07, 6.45) is 33.5. The van der Waals surface area contributed by atoms with Crippen molar-refractivity contribution in [2.75, 3.05) is 13.2 Å². The third kappa shape index (κ3) is 31.3. The Morgan fingerprint density at radius 3 is 1.60 bits per heavy atom. The van der Waals surface area contributed by atoms with Crippen molar-refractivity contribution in [1.29, 1.82) is 0 Å². The summed E-state index contributed by atoms with van der Waals surface area (Å²) in [7, 11) is 0. The molecule has 1 atom stereocenters. The van der Waals surface area contributed by atoms with E-state index < -0.39 is 6.10 Å². The maximum Gasteiger partial charge on any atom is 0.306 e. The molecule has 0 saturated carbocycles. The van der Waals surface area contributed by atoms with Crippen LogP contribution in [0, 0.1) is 0 Å². The highest BCUT2D eigenvalue weighted by Crippen LogP contribution is 2.14. The van der Waals surface area contributed by atoms with Gasteiger partial charge in [0, 0.05) is 19.3 Å². The summed E-state index contributed by atoms with van der Waals surface area (Å²) >= 11 is 0. The van der Waals surface area contributed by atoms with Gasteiger partial charge in [-0.05, 0) is 38.2 Å². The summed E-state index contributed by atoms with van der Waals surface area (Å²) in [4.78, 5) is 35.8. The number of allylic oxidation sites excluding steroid dienone is 4. The van der Waals surface area contributed by atoms with E-state index in [-0.39, 0.29) is 30.9 Å². The molecule has 250 valence electrons. The maximum absolute atomic E-state index is 12.1. The van der Waals surface area contributed by atoms with Gasteiger partial charge in [-0.1, -0.05) is 141 Å². The number of aliphatic hydroxyl groups is 1. The molecule has 0 aromatic carbocycles. The zero-order valence-corrected chi connectivity index (χ0v) is 28.0. The fourth-order valence-electron chi connectivity index (χ4n) is 4.95. The smallest absolute Gasteiger partial charge is 0.306 e. The van der Waals surface area contributed by atoms with E-state index in [0.29, 0.717) is 19.3 Å². The average Bonchev–Trinajstić information content (AvgIpc) is 3.00. The van der Waals surface area contributed by atoms with Gasteiger partial charge in [-0.25, -0.2) is 0 Å². The lowest BCUT2D eigenvalue weighted by Crippen LogP contribution is -2.28. The molecule has 0 spiro atoms. The minimum atomic E-state index is -0.791. The van der Waals surface area contributed by atoms with Crippen LogP contribution in [-0.4, -0.2) is 42.1 Å². The summed E-state index contributed by atoms with van der Waals surface area (Å²) in [5.74, 6) is -0.449. The van der Waals surface area contributed by atoms with Gasteiger partial charge in [-0.3, -0.25) is 14.4 Å². The molecule has 0 bridgehead atoms. The number of carbonyl (C=O) groups excluding carboxylic acids is 3. The van der Waals surface area contributed by atoms with Crippen LogP contribution in [0.25, 0.3) is 0 Å². The van der Waals surface area contributed by atoms with Crippen molar-refractivity contribution in [2.24, 2.45) is 0 Å². The number of hydrogen-bond donors (Lipinski definition) is 1. The predicted molar refractivity (Wildman–Crippen MR) is 178 cm³/mol. The van der Waals surface area contributed by atoms with Crippen LogP contribution in [0.2, 0.25) is 0 Å². The van der Waals surface area contributed by atoms with E-state index in [4.69, 9.17) is 9.47 Å². The van der Waals surface area contributed by atoms with Gasteiger partial charge < -0.3 is 14.6 Å². The molecule has 0 heterocycles. The van der Waals surface area contributed by atoms with Crippen molar-refractivity contribution in [3.8, 4) is 0 Å². The molecular formula is C37H66O6. The number of hydrogen-bond acceptors (Lipinski definition) is 6. The zero-order chi connectivity index (χ0) is 31.6. The van der Waals surface area contributed by atoms with Crippen LogP contribution >= 0.6 is 0 Å². The molecule has 0 aromatic heterocycles. The van der Waals surface area contributed by atoms with Crippen LogP contribution in [0.1, 0.15) is 174 Å². The molecule has 43 heavy (non-hydrogen) atoms. The molecule has 0 aromatic rings. The SMILES string of the molecule is CCCCCCCCCCCCCCCC(=O)O[C@@H](CO)COC(=O)CCCCCCC/C=C\C=C\C(=O)CCCCC. The van der Waals surface area contributed by atoms with E-state index in [0.717, 1.165) is 77.0 Å². The lowest BCUT2D eigenvalue weighted by Gasteiger charge is -2.15. The lowest BCUT2D eigenvalue weighted by molar-refractivity contribution is -0.161. The Morgan fingerprint density at radius 1 is 0.581 bits per heavy atom. The van der Waals surface area contributed by atoms with E-state index in [9.17, 15) is 19.5 Å². The van der Waals surface area contributed by atoms with Gasteiger partial charge >= 0.3 is 11.9 Å². The number of unbranched alkanes of at least 4 members (excludes halogenated alkanes) is 19. The highest BCUT2D eigenvalue weighted by atomic mass is 16.6. The summed E-state index contributed by atoms with van der Waals surface area (Å²) in [6, 6.07) is 0. The standard InChI is InChI=1S/C37H66O6/c1-3-5-7-8-9-10-11-12-13-16-20-23-27-31-37(41)43-35(32-38)33-42-36(40)30-26-22-19-17-14-15-18-21-25-29-34(39)28-24-6-4-2/h18,21,25,29,35,38H,3-17,19-20,22-24,26-28,30-33H2,1-2H3/b21-18-,29-25+/t35-/m0/s1. The number of aliphatic hydroxyl groups excluding tert-OH is 1. The Labute approximate surface area is 264 Å². The summed E-state index contributed by atoms with van der Waals surface area (Å²) in [5.41, 5.74) is 0. The molecule has 0 radical (unpaired) electrons. The van der Waals surface area contributed by atoms with Crippen LogP contribution in [0.5, 0.6) is 0 Å². The Balaban J connectivity index is 3.64. The van der Waals surface area contributed by atoms with Gasteiger partial charge in [0.1, 0.15) is 6.61 Å². The van der Waals surface area contributed by atoms with Crippen molar-refractivity contribution in [2.45, 2.75) is 180 Å². The van der Waals surface area contributed by atoms with Gasteiger partial charge in [0.2, 0.25) is 0 Å². The van der Waals surface area contributed by atoms with Gasteiger partial charge in [0.15, 0.2) is 11.9 Å². The molecule has 0 amide bonds. The Kier molecular flexibility index (Phi) is 31.5. The van der Waals surface area contributed by atoms with Crippen LogP contribution in [-0.2, 0) is 23.9 Å². The topological polar surface area (TPSA) is 89.9 Å². The number of esters is 2. The first-order valence-corrected chi connectivity index (χ1v) is 17.8. The Morgan fingerprint density at radius 2 is 1.05 bits per heavy atom.